The lowest BCUT2D eigenvalue weighted by Crippen LogP contribution is -2.47. The van der Waals surface area contributed by atoms with Gasteiger partial charge in [0.1, 0.15) is 5.76 Å². The van der Waals surface area contributed by atoms with E-state index in [9.17, 15) is 4.79 Å². The highest BCUT2D eigenvalue weighted by Gasteiger charge is 2.19. The van der Waals surface area contributed by atoms with Crippen LogP contribution in [0.2, 0.25) is 10.0 Å². The number of halogens is 2. The van der Waals surface area contributed by atoms with Gasteiger partial charge in [0.25, 0.3) is 5.91 Å². The number of hydrogen-bond donors (Lipinski definition) is 1. The van der Waals surface area contributed by atoms with Crippen LogP contribution < -0.4 is 5.32 Å². The summed E-state index contributed by atoms with van der Waals surface area (Å²) in [6.45, 7) is 2.49. The normalized spacial score (nSPS) is 14.5. The number of carbonyl (C=O) groups is 1. The molecule has 0 bridgehead atoms. The van der Waals surface area contributed by atoms with Crippen LogP contribution in [-0.2, 0) is 4.74 Å². The van der Waals surface area contributed by atoms with Crippen LogP contribution in [0.3, 0.4) is 0 Å². The minimum atomic E-state index is -0.407. The molecule has 0 aliphatic carbocycles. The first kappa shape index (κ1) is 17.2. The Morgan fingerprint density at radius 1 is 1.17 bits per heavy atom. The maximum Gasteiger partial charge on any atom is 0.293 e. The minimum Gasteiger partial charge on any atom is -0.451 e. The number of hydrogen-bond acceptors (Lipinski definition) is 4. The second-order valence-corrected chi connectivity index (χ2v) is 6.30. The van der Waals surface area contributed by atoms with Crippen molar-refractivity contribution in [3.8, 4) is 11.3 Å². The quantitative estimate of drug-likeness (QED) is 0.801. The Morgan fingerprint density at radius 3 is 2.67 bits per heavy atom. The summed E-state index contributed by atoms with van der Waals surface area (Å²) in [6, 6.07) is 8.46. The molecule has 0 spiro atoms. The maximum absolute atomic E-state index is 12.3. The molecule has 1 N–H and O–H groups in total. The zero-order valence-electron chi connectivity index (χ0n) is 12.6. The van der Waals surface area contributed by atoms with E-state index in [4.69, 9.17) is 44.6 Å². The van der Waals surface area contributed by atoms with Gasteiger partial charge in [0, 0.05) is 18.7 Å². The summed E-state index contributed by atoms with van der Waals surface area (Å²) in [5, 5.41) is 3.83. The summed E-state index contributed by atoms with van der Waals surface area (Å²) in [5.41, 5.74) is 0.624. The highest BCUT2D eigenvalue weighted by Crippen LogP contribution is 2.34. The standard InChI is InChI=1S/C16H14Cl2N2O3S/c17-11-3-1-2-10(14(11)18)12-4-5-13(23-12)15(21)19-16(24)20-6-8-22-9-7-20/h1-5H,6-9H2,(H,19,21,24). The molecule has 1 aromatic heterocycles. The molecule has 0 radical (unpaired) electrons. The van der Waals surface area contributed by atoms with Gasteiger partial charge < -0.3 is 14.1 Å². The fraction of sp³-hybridized carbons (Fsp3) is 0.250. The Bertz CT molecular complexity index is 772. The van der Waals surface area contributed by atoms with Gasteiger partial charge in [0.05, 0.1) is 23.3 Å². The molecule has 0 unspecified atom stereocenters. The summed E-state index contributed by atoms with van der Waals surface area (Å²) < 4.78 is 10.9. The van der Waals surface area contributed by atoms with E-state index in [1.807, 2.05) is 4.90 Å². The molecule has 0 atom stereocenters. The zero-order valence-corrected chi connectivity index (χ0v) is 14.9. The van der Waals surface area contributed by atoms with Gasteiger partial charge in [-0.25, -0.2) is 0 Å². The van der Waals surface area contributed by atoms with Crippen LogP contribution in [0.4, 0.5) is 0 Å². The van der Waals surface area contributed by atoms with Crippen molar-refractivity contribution >= 4 is 46.4 Å². The Morgan fingerprint density at radius 2 is 1.92 bits per heavy atom. The highest BCUT2D eigenvalue weighted by molar-refractivity contribution is 7.80. The minimum absolute atomic E-state index is 0.150. The number of furan rings is 1. The first-order valence-electron chi connectivity index (χ1n) is 7.28. The second kappa shape index (κ2) is 7.53. The van der Waals surface area contributed by atoms with E-state index < -0.39 is 5.91 Å². The van der Waals surface area contributed by atoms with E-state index in [1.54, 1.807) is 30.3 Å². The van der Waals surface area contributed by atoms with Gasteiger partial charge in [0.2, 0.25) is 0 Å². The van der Waals surface area contributed by atoms with Crippen molar-refractivity contribution < 1.29 is 13.9 Å². The molecular formula is C16H14Cl2N2O3S. The van der Waals surface area contributed by atoms with Crippen molar-refractivity contribution in [1.29, 1.82) is 0 Å². The summed E-state index contributed by atoms with van der Waals surface area (Å²) in [7, 11) is 0. The first-order valence-corrected chi connectivity index (χ1v) is 8.45. The lowest BCUT2D eigenvalue weighted by atomic mass is 10.2. The predicted molar refractivity (Wildman–Crippen MR) is 96.6 cm³/mol. The SMILES string of the molecule is O=C(NC(=S)N1CCOCC1)c1ccc(-c2cccc(Cl)c2Cl)o1. The van der Waals surface area contributed by atoms with Gasteiger partial charge in [-0.05, 0) is 36.5 Å². The zero-order chi connectivity index (χ0) is 17.1. The summed E-state index contributed by atoms with van der Waals surface area (Å²) in [5.74, 6) is 0.206. The van der Waals surface area contributed by atoms with Crippen molar-refractivity contribution in [2.75, 3.05) is 26.3 Å². The van der Waals surface area contributed by atoms with Crippen molar-refractivity contribution in [2.24, 2.45) is 0 Å². The Labute approximate surface area is 154 Å². The number of nitrogens with zero attached hydrogens (tertiary/aromatic N) is 1. The molecule has 1 aromatic carbocycles. The molecule has 5 nitrogen and oxygen atoms in total. The smallest absolute Gasteiger partial charge is 0.293 e. The van der Waals surface area contributed by atoms with E-state index in [-0.39, 0.29) is 5.76 Å². The number of carbonyl (C=O) groups excluding carboxylic acids is 1. The molecule has 1 saturated heterocycles. The molecule has 126 valence electrons. The van der Waals surface area contributed by atoms with Crippen LogP contribution in [0.1, 0.15) is 10.6 Å². The van der Waals surface area contributed by atoms with Gasteiger partial charge in [-0.15, -0.1) is 0 Å². The largest absolute Gasteiger partial charge is 0.451 e. The maximum atomic E-state index is 12.3. The lowest BCUT2D eigenvalue weighted by Gasteiger charge is -2.28. The van der Waals surface area contributed by atoms with Crippen LogP contribution in [0, 0.1) is 0 Å². The fourth-order valence-corrected chi connectivity index (χ4v) is 2.97. The average molecular weight is 385 g/mol. The van der Waals surface area contributed by atoms with Crippen LogP contribution >= 0.6 is 35.4 Å². The predicted octanol–water partition coefficient (Wildman–Crippen LogP) is 3.60. The van der Waals surface area contributed by atoms with E-state index >= 15 is 0 Å². The Hall–Kier alpha value is -1.60. The highest BCUT2D eigenvalue weighted by atomic mass is 35.5. The van der Waals surface area contributed by atoms with Gasteiger partial charge >= 0.3 is 0 Å². The molecule has 24 heavy (non-hydrogen) atoms. The third-order valence-corrected chi connectivity index (χ3v) is 4.74. The topological polar surface area (TPSA) is 54.7 Å². The van der Waals surface area contributed by atoms with E-state index in [1.165, 1.54) is 0 Å². The first-order chi connectivity index (χ1) is 11.6. The molecule has 0 saturated carbocycles. The van der Waals surface area contributed by atoms with Crippen LogP contribution in [0.15, 0.2) is 34.7 Å². The van der Waals surface area contributed by atoms with Crippen molar-refractivity contribution in [2.45, 2.75) is 0 Å². The van der Waals surface area contributed by atoms with E-state index in [0.29, 0.717) is 52.8 Å². The lowest BCUT2D eigenvalue weighted by molar-refractivity contribution is 0.0667. The van der Waals surface area contributed by atoms with Crippen molar-refractivity contribution in [1.82, 2.24) is 10.2 Å². The van der Waals surface area contributed by atoms with Crippen molar-refractivity contribution in [3.05, 3.63) is 46.1 Å². The van der Waals surface area contributed by atoms with Crippen LogP contribution in [0.25, 0.3) is 11.3 Å². The molecule has 2 aromatic rings. The van der Waals surface area contributed by atoms with Gasteiger partial charge in [-0.3, -0.25) is 10.1 Å². The summed E-state index contributed by atoms with van der Waals surface area (Å²) in [6.07, 6.45) is 0. The van der Waals surface area contributed by atoms with E-state index in [0.717, 1.165) is 0 Å². The molecule has 3 rings (SSSR count). The number of rotatable bonds is 2. The number of morpholine rings is 1. The molecule has 2 heterocycles. The van der Waals surface area contributed by atoms with Crippen LogP contribution in [0.5, 0.6) is 0 Å². The Balaban J connectivity index is 1.72. The molecule has 1 aliphatic heterocycles. The molecule has 1 aliphatic rings. The number of benzene rings is 1. The molecular weight excluding hydrogens is 371 g/mol. The van der Waals surface area contributed by atoms with Gasteiger partial charge in [0.15, 0.2) is 10.9 Å². The third kappa shape index (κ3) is 3.72. The number of nitrogens with one attached hydrogen (secondary N) is 1. The molecule has 8 heteroatoms. The monoisotopic (exact) mass is 384 g/mol. The number of thiocarbonyl (C=S) groups is 1. The molecule has 1 fully saturated rings. The number of ether oxygens (including phenoxy) is 1. The van der Waals surface area contributed by atoms with E-state index in [2.05, 4.69) is 5.32 Å². The van der Waals surface area contributed by atoms with Crippen LogP contribution in [-0.4, -0.2) is 42.2 Å². The third-order valence-electron chi connectivity index (χ3n) is 3.57. The second-order valence-electron chi connectivity index (χ2n) is 5.12. The molecule has 1 amide bonds. The van der Waals surface area contributed by atoms with Crippen molar-refractivity contribution in [3.63, 3.8) is 0 Å². The fourth-order valence-electron chi connectivity index (χ4n) is 2.30. The average Bonchev–Trinajstić information content (AvgIpc) is 3.08. The summed E-state index contributed by atoms with van der Waals surface area (Å²) in [4.78, 5) is 14.2. The van der Waals surface area contributed by atoms with Gasteiger partial charge in [-0.2, -0.15) is 0 Å². The Kier molecular flexibility index (Phi) is 5.40. The number of amides is 1. The summed E-state index contributed by atoms with van der Waals surface area (Å²) >= 11 is 17.4. The van der Waals surface area contributed by atoms with Gasteiger partial charge in [-0.1, -0.05) is 29.3 Å².